The van der Waals surface area contributed by atoms with Gasteiger partial charge in [-0.05, 0) is 49.9 Å². The molecule has 2 heterocycles. The van der Waals surface area contributed by atoms with Crippen LogP contribution in [0, 0.1) is 5.92 Å². The molecule has 0 saturated carbocycles. The van der Waals surface area contributed by atoms with Crippen molar-refractivity contribution in [2.75, 3.05) is 19.6 Å². The van der Waals surface area contributed by atoms with Gasteiger partial charge in [-0.2, -0.15) is 5.10 Å². The molecule has 1 aliphatic heterocycles. The van der Waals surface area contributed by atoms with E-state index in [2.05, 4.69) is 55.5 Å². The van der Waals surface area contributed by atoms with Crippen molar-refractivity contribution in [3.8, 4) is 0 Å². The van der Waals surface area contributed by atoms with Gasteiger partial charge in [0.15, 0.2) is 0 Å². The zero-order valence-electron chi connectivity index (χ0n) is 14.1. The van der Waals surface area contributed by atoms with E-state index in [1.165, 1.54) is 44.5 Å². The van der Waals surface area contributed by atoms with Crippen molar-refractivity contribution in [2.24, 2.45) is 5.92 Å². The number of aromatic nitrogens is 2. The minimum Gasteiger partial charge on any atom is -0.304 e. The van der Waals surface area contributed by atoms with E-state index in [-0.39, 0.29) is 0 Å². The first kappa shape index (κ1) is 17.2. The third kappa shape index (κ3) is 5.66. The topological polar surface area (TPSA) is 21.1 Å². The third-order valence-electron chi connectivity index (χ3n) is 3.92. The molecular formula is C17H33N3. The Morgan fingerprint density at radius 1 is 1.20 bits per heavy atom. The predicted molar refractivity (Wildman–Crippen MR) is 87.1 cm³/mol. The zero-order chi connectivity index (χ0) is 15.0. The molecule has 0 aromatic carbocycles. The van der Waals surface area contributed by atoms with Crippen molar-refractivity contribution in [1.29, 1.82) is 0 Å². The number of hydrogen-bond donors (Lipinski definition) is 0. The predicted octanol–water partition coefficient (Wildman–Crippen LogP) is 4.15. The molecule has 0 radical (unpaired) electrons. The molecule has 1 saturated heterocycles. The van der Waals surface area contributed by atoms with Gasteiger partial charge in [0, 0.05) is 12.7 Å². The van der Waals surface area contributed by atoms with Gasteiger partial charge in [-0.3, -0.25) is 4.68 Å². The Bertz CT molecular complexity index is 349. The van der Waals surface area contributed by atoms with Crippen LogP contribution in [0.4, 0.5) is 0 Å². The molecule has 20 heavy (non-hydrogen) atoms. The summed E-state index contributed by atoms with van der Waals surface area (Å²) in [5, 5.41) is 4.47. The first-order valence-corrected chi connectivity index (χ1v) is 8.35. The highest BCUT2D eigenvalue weighted by Gasteiger charge is 2.18. The molecule has 1 fully saturated rings. The van der Waals surface area contributed by atoms with Crippen molar-refractivity contribution in [1.82, 2.24) is 14.7 Å². The van der Waals surface area contributed by atoms with Gasteiger partial charge in [-0.25, -0.2) is 0 Å². The average molecular weight is 279 g/mol. The summed E-state index contributed by atoms with van der Waals surface area (Å²) in [5.74, 6) is 1.41. The van der Waals surface area contributed by atoms with Crippen LogP contribution in [-0.2, 0) is 6.54 Å². The molecule has 116 valence electrons. The van der Waals surface area contributed by atoms with Gasteiger partial charge < -0.3 is 4.90 Å². The monoisotopic (exact) mass is 279 g/mol. The summed E-state index contributed by atoms with van der Waals surface area (Å²) >= 11 is 0. The number of hydrogen-bond acceptors (Lipinski definition) is 2. The Labute approximate surface area is 125 Å². The van der Waals surface area contributed by atoms with Crippen LogP contribution in [0.15, 0.2) is 12.4 Å². The van der Waals surface area contributed by atoms with Gasteiger partial charge in [0.25, 0.3) is 0 Å². The molecule has 0 bridgehead atoms. The Balaban J connectivity index is 0.000000612. The molecule has 0 spiro atoms. The normalized spacial score (nSPS) is 17.1. The Morgan fingerprint density at radius 2 is 1.80 bits per heavy atom. The lowest BCUT2D eigenvalue weighted by Crippen LogP contribution is -2.34. The van der Waals surface area contributed by atoms with Crippen LogP contribution >= 0.6 is 0 Å². The van der Waals surface area contributed by atoms with E-state index in [1.807, 2.05) is 6.20 Å². The van der Waals surface area contributed by atoms with Gasteiger partial charge in [-0.15, -0.1) is 0 Å². The molecule has 0 amide bonds. The van der Waals surface area contributed by atoms with Crippen molar-refractivity contribution in [3.63, 3.8) is 0 Å². The maximum absolute atomic E-state index is 4.47. The minimum absolute atomic E-state index is 0.589. The van der Waals surface area contributed by atoms with E-state index in [0.29, 0.717) is 5.92 Å². The van der Waals surface area contributed by atoms with Crippen LogP contribution in [-0.4, -0.2) is 34.3 Å². The summed E-state index contributed by atoms with van der Waals surface area (Å²) in [5.41, 5.74) is 1.36. The van der Waals surface area contributed by atoms with Crippen molar-refractivity contribution in [2.45, 2.75) is 66.3 Å². The van der Waals surface area contributed by atoms with E-state index < -0.39 is 0 Å². The largest absolute Gasteiger partial charge is 0.304 e. The highest BCUT2D eigenvalue weighted by molar-refractivity contribution is 5.08. The third-order valence-corrected chi connectivity index (χ3v) is 3.92. The SMILES string of the molecule is CCC.CCN1CCC(Cn2cc(C(C)C)cn2)CC1. The summed E-state index contributed by atoms with van der Waals surface area (Å²) in [6, 6.07) is 0. The summed E-state index contributed by atoms with van der Waals surface area (Å²) in [6.07, 6.45) is 8.14. The molecule has 1 aliphatic rings. The van der Waals surface area contributed by atoms with Gasteiger partial charge >= 0.3 is 0 Å². The number of likely N-dealkylation sites (tertiary alicyclic amines) is 1. The van der Waals surface area contributed by atoms with Crippen LogP contribution < -0.4 is 0 Å². The highest BCUT2D eigenvalue weighted by Crippen LogP contribution is 2.20. The van der Waals surface area contributed by atoms with Gasteiger partial charge in [0.2, 0.25) is 0 Å². The lowest BCUT2D eigenvalue weighted by Gasteiger charge is -2.30. The maximum atomic E-state index is 4.47. The van der Waals surface area contributed by atoms with Gasteiger partial charge in [0.1, 0.15) is 0 Å². The van der Waals surface area contributed by atoms with E-state index in [9.17, 15) is 0 Å². The Morgan fingerprint density at radius 3 is 2.25 bits per heavy atom. The number of nitrogens with zero attached hydrogens (tertiary/aromatic N) is 3. The second kappa shape index (κ2) is 9.17. The van der Waals surface area contributed by atoms with E-state index >= 15 is 0 Å². The molecule has 3 nitrogen and oxygen atoms in total. The zero-order valence-corrected chi connectivity index (χ0v) is 14.1. The van der Waals surface area contributed by atoms with E-state index in [0.717, 1.165) is 12.5 Å². The summed E-state index contributed by atoms with van der Waals surface area (Å²) < 4.78 is 2.14. The molecule has 3 heteroatoms. The smallest absolute Gasteiger partial charge is 0.0524 e. The first-order chi connectivity index (χ1) is 9.60. The molecule has 0 N–H and O–H groups in total. The number of rotatable bonds is 4. The summed E-state index contributed by atoms with van der Waals surface area (Å²) in [6.45, 7) is 15.8. The average Bonchev–Trinajstić information content (AvgIpc) is 2.89. The summed E-state index contributed by atoms with van der Waals surface area (Å²) in [4.78, 5) is 2.54. The Kier molecular flexibility index (Phi) is 7.90. The second-order valence-electron chi connectivity index (χ2n) is 6.24. The van der Waals surface area contributed by atoms with Gasteiger partial charge in [-0.1, -0.05) is 41.0 Å². The van der Waals surface area contributed by atoms with Gasteiger partial charge in [0.05, 0.1) is 6.20 Å². The molecule has 0 atom stereocenters. The van der Waals surface area contributed by atoms with Crippen molar-refractivity contribution in [3.05, 3.63) is 18.0 Å². The van der Waals surface area contributed by atoms with Crippen LogP contribution in [0.5, 0.6) is 0 Å². The standard InChI is InChI=1S/C14H25N3.C3H8/c1-4-16-7-5-13(6-8-16)10-17-11-14(9-15-17)12(2)3;1-3-2/h9,11-13H,4-8,10H2,1-3H3;3H2,1-2H3. The van der Waals surface area contributed by atoms with Crippen LogP contribution in [0.2, 0.25) is 0 Å². The van der Waals surface area contributed by atoms with Crippen molar-refractivity contribution >= 4 is 0 Å². The quantitative estimate of drug-likeness (QED) is 0.825. The molecule has 0 unspecified atom stereocenters. The molecular weight excluding hydrogens is 246 g/mol. The molecule has 1 aromatic heterocycles. The molecule has 2 rings (SSSR count). The summed E-state index contributed by atoms with van der Waals surface area (Å²) in [7, 11) is 0. The van der Waals surface area contributed by atoms with Crippen molar-refractivity contribution < 1.29 is 0 Å². The first-order valence-electron chi connectivity index (χ1n) is 8.35. The lowest BCUT2D eigenvalue weighted by molar-refractivity contribution is 0.178. The maximum Gasteiger partial charge on any atom is 0.0524 e. The van der Waals surface area contributed by atoms with E-state index in [4.69, 9.17) is 0 Å². The second-order valence-corrected chi connectivity index (χ2v) is 6.24. The molecule has 0 aliphatic carbocycles. The minimum atomic E-state index is 0.589. The Hall–Kier alpha value is -0.830. The van der Waals surface area contributed by atoms with E-state index in [1.54, 1.807) is 0 Å². The van der Waals surface area contributed by atoms with Crippen LogP contribution in [0.1, 0.15) is 65.4 Å². The molecule has 1 aromatic rings. The van der Waals surface area contributed by atoms with Crippen LogP contribution in [0.25, 0.3) is 0 Å². The van der Waals surface area contributed by atoms with Crippen LogP contribution in [0.3, 0.4) is 0 Å². The fourth-order valence-corrected chi connectivity index (χ4v) is 2.53. The number of piperidine rings is 1. The fraction of sp³-hybridized carbons (Fsp3) is 0.824. The highest BCUT2D eigenvalue weighted by atomic mass is 15.3. The fourth-order valence-electron chi connectivity index (χ4n) is 2.53. The lowest BCUT2D eigenvalue weighted by atomic mass is 9.97.